The average Bonchev–Trinajstić information content (AvgIpc) is 3.15. The van der Waals surface area contributed by atoms with Crippen molar-refractivity contribution in [2.75, 3.05) is 11.9 Å². The van der Waals surface area contributed by atoms with E-state index in [1.54, 1.807) is 29.2 Å². The summed E-state index contributed by atoms with van der Waals surface area (Å²) in [4.78, 5) is 16.3. The lowest BCUT2D eigenvalue weighted by atomic mass is 10.1. The van der Waals surface area contributed by atoms with Gasteiger partial charge in [-0.15, -0.1) is 0 Å². The molecule has 0 aliphatic heterocycles. The van der Waals surface area contributed by atoms with Crippen molar-refractivity contribution in [2.24, 2.45) is 0 Å². The fraction of sp³-hybridized carbons (Fsp3) is 0.167. The number of hydrogen-bond donors (Lipinski definition) is 2. The van der Waals surface area contributed by atoms with Crippen LogP contribution < -0.4 is 10.6 Å². The smallest absolute Gasteiger partial charge is 0.238 e. The van der Waals surface area contributed by atoms with Crippen molar-refractivity contribution in [3.8, 4) is 5.69 Å². The first kappa shape index (κ1) is 18.4. The third-order valence-electron chi connectivity index (χ3n) is 3.84. The molecule has 0 spiro atoms. The summed E-state index contributed by atoms with van der Waals surface area (Å²) in [5, 5.41) is 11.3. The number of nitrogens with one attached hydrogen (secondary N) is 2. The molecule has 0 aliphatic carbocycles. The molecular formula is C18H17Cl2N5O. The molecule has 0 radical (unpaired) electrons. The van der Waals surface area contributed by atoms with Crippen LogP contribution in [0.5, 0.6) is 0 Å². The molecule has 0 unspecified atom stereocenters. The summed E-state index contributed by atoms with van der Waals surface area (Å²) in [5.74, 6) is -0.186. The molecule has 8 heteroatoms. The van der Waals surface area contributed by atoms with Crippen LogP contribution in [0.15, 0.2) is 55.1 Å². The minimum absolute atomic E-state index is 0.00663. The summed E-state index contributed by atoms with van der Waals surface area (Å²) >= 11 is 12.0. The Hall–Kier alpha value is -2.41. The lowest BCUT2D eigenvalue weighted by Gasteiger charge is -2.15. The summed E-state index contributed by atoms with van der Waals surface area (Å²) in [5.41, 5.74) is 2.30. The molecule has 134 valence electrons. The van der Waals surface area contributed by atoms with Gasteiger partial charge in [0.25, 0.3) is 0 Å². The minimum atomic E-state index is -0.186. The fourth-order valence-corrected chi connectivity index (χ4v) is 2.75. The first-order chi connectivity index (χ1) is 12.5. The number of carbonyl (C=O) groups is 1. The van der Waals surface area contributed by atoms with Gasteiger partial charge in [0.2, 0.25) is 5.91 Å². The maximum Gasteiger partial charge on any atom is 0.238 e. The van der Waals surface area contributed by atoms with E-state index >= 15 is 0 Å². The molecule has 0 bridgehead atoms. The van der Waals surface area contributed by atoms with Crippen LogP contribution in [0.2, 0.25) is 10.0 Å². The molecule has 1 aromatic heterocycles. The molecule has 0 fully saturated rings. The van der Waals surface area contributed by atoms with Crippen LogP contribution in [-0.4, -0.2) is 27.2 Å². The van der Waals surface area contributed by atoms with Crippen molar-refractivity contribution in [1.82, 2.24) is 20.1 Å². The SMILES string of the molecule is C[C@H](NCC(=O)Nc1cc(Cl)ccc1-n1cncn1)c1ccc(Cl)cc1. The normalized spacial score (nSPS) is 12.0. The van der Waals surface area contributed by atoms with Gasteiger partial charge < -0.3 is 10.6 Å². The van der Waals surface area contributed by atoms with Crippen molar-refractivity contribution in [1.29, 1.82) is 0 Å². The number of carbonyl (C=O) groups excluding carboxylic acids is 1. The molecule has 0 saturated heterocycles. The van der Waals surface area contributed by atoms with E-state index in [0.29, 0.717) is 21.4 Å². The highest BCUT2D eigenvalue weighted by molar-refractivity contribution is 6.31. The van der Waals surface area contributed by atoms with Crippen LogP contribution in [0.4, 0.5) is 5.69 Å². The van der Waals surface area contributed by atoms with Gasteiger partial charge >= 0.3 is 0 Å². The predicted octanol–water partition coefficient (Wildman–Crippen LogP) is 3.86. The van der Waals surface area contributed by atoms with Gasteiger partial charge in [-0.2, -0.15) is 5.10 Å². The molecule has 26 heavy (non-hydrogen) atoms. The number of anilines is 1. The van der Waals surface area contributed by atoms with Crippen LogP contribution in [0.3, 0.4) is 0 Å². The Morgan fingerprint density at radius 1 is 1.15 bits per heavy atom. The molecule has 1 atom stereocenters. The van der Waals surface area contributed by atoms with E-state index < -0.39 is 0 Å². The summed E-state index contributed by atoms with van der Waals surface area (Å²) < 4.78 is 1.57. The Labute approximate surface area is 161 Å². The Kier molecular flexibility index (Phi) is 5.88. The lowest BCUT2D eigenvalue weighted by molar-refractivity contribution is -0.115. The van der Waals surface area contributed by atoms with Crippen molar-refractivity contribution in [3.05, 3.63) is 70.7 Å². The summed E-state index contributed by atoms with van der Waals surface area (Å²) in [6.07, 6.45) is 2.98. The average molecular weight is 390 g/mol. The number of rotatable bonds is 6. The fourth-order valence-electron chi connectivity index (χ4n) is 2.45. The molecular weight excluding hydrogens is 373 g/mol. The maximum atomic E-state index is 12.4. The van der Waals surface area contributed by atoms with Crippen LogP contribution in [0.25, 0.3) is 5.69 Å². The van der Waals surface area contributed by atoms with Crippen molar-refractivity contribution in [2.45, 2.75) is 13.0 Å². The highest BCUT2D eigenvalue weighted by Crippen LogP contribution is 2.24. The lowest BCUT2D eigenvalue weighted by Crippen LogP contribution is -2.30. The van der Waals surface area contributed by atoms with E-state index in [1.165, 1.54) is 6.33 Å². The first-order valence-electron chi connectivity index (χ1n) is 7.96. The minimum Gasteiger partial charge on any atom is -0.323 e. The highest BCUT2D eigenvalue weighted by atomic mass is 35.5. The summed E-state index contributed by atoms with van der Waals surface area (Å²) in [6, 6.07) is 12.7. The van der Waals surface area contributed by atoms with E-state index in [4.69, 9.17) is 23.2 Å². The van der Waals surface area contributed by atoms with Gasteiger partial charge in [-0.1, -0.05) is 35.3 Å². The van der Waals surface area contributed by atoms with Crippen molar-refractivity contribution >= 4 is 34.8 Å². The first-order valence-corrected chi connectivity index (χ1v) is 8.72. The molecule has 0 aliphatic rings. The molecule has 1 amide bonds. The van der Waals surface area contributed by atoms with Crippen molar-refractivity contribution in [3.63, 3.8) is 0 Å². The Morgan fingerprint density at radius 3 is 2.58 bits per heavy atom. The predicted molar refractivity (Wildman–Crippen MR) is 103 cm³/mol. The standard InChI is InChI=1S/C18H17Cl2N5O/c1-12(13-2-4-14(19)5-3-13)22-9-18(26)24-16-8-15(20)6-7-17(16)25-11-21-10-23-25/h2-8,10-12,22H,9H2,1H3,(H,24,26)/t12-/m0/s1. The Bertz CT molecular complexity index is 881. The maximum absolute atomic E-state index is 12.4. The third kappa shape index (κ3) is 4.60. The number of benzene rings is 2. The number of amides is 1. The zero-order valence-electron chi connectivity index (χ0n) is 14.0. The van der Waals surface area contributed by atoms with Gasteiger partial charge in [0.05, 0.1) is 17.9 Å². The van der Waals surface area contributed by atoms with Crippen molar-refractivity contribution < 1.29 is 4.79 Å². The van der Waals surface area contributed by atoms with E-state index in [1.807, 2.05) is 31.2 Å². The Morgan fingerprint density at radius 2 is 1.88 bits per heavy atom. The molecule has 6 nitrogen and oxygen atoms in total. The van der Waals surface area contributed by atoms with Crippen LogP contribution >= 0.6 is 23.2 Å². The third-order valence-corrected chi connectivity index (χ3v) is 4.32. The number of hydrogen-bond acceptors (Lipinski definition) is 4. The van der Waals surface area contributed by atoms with Gasteiger partial charge in [0.15, 0.2) is 0 Å². The molecule has 3 aromatic rings. The largest absolute Gasteiger partial charge is 0.323 e. The zero-order chi connectivity index (χ0) is 18.5. The summed E-state index contributed by atoms with van der Waals surface area (Å²) in [7, 11) is 0. The van der Waals surface area contributed by atoms with Gasteiger partial charge in [0.1, 0.15) is 12.7 Å². The molecule has 2 N–H and O–H groups in total. The van der Waals surface area contributed by atoms with E-state index in [9.17, 15) is 4.79 Å². The number of halogens is 2. The number of aromatic nitrogens is 3. The molecule has 3 rings (SSSR count). The molecule has 0 saturated carbocycles. The van der Waals surface area contributed by atoms with E-state index in [0.717, 1.165) is 5.56 Å². The van der Waals surface area contributed by atoms with Crippen LogP contribution in [0, 0.1) is 0 Å². The Balaban J connectivity index is 1.65. The second-order valence-corrected chi connectivity index (χ2v) is 6.58. The molecule has 1 heterocycles. The monoisotopic (exact) mass is 389 g/mol. The van der Waals surface area contributed by atoms with Gasteiger partial charge in [-0.05, 0) is 42.8 Å². The molecule has 2 aromatic carbocycles. The van der Waals surface area contributed by atoms with Gasteiger partial charge in [-0.25, -0.2) is 9.67 Å². The second kappa shape index (κ2) is 8.31. The van der Waals surface area contributed by atoms with Gasteiger partial charge in [0, 0.05) is 16.1 Å². The van der Waals surface area contributed by atoms with Crippen LogP contribution in [0.1, 0.15) is 18.5 Å². The second-order valence-electron chi connectivity index (χ2n) is 5.70. The highest BCUT2D eigenvalue weighted by Gasteiger charge is 2.12. The van der Waals surface area contributed by atoms with E-state index in [-0.39, 0.29) is 18.5 Å². The topological polar surface area (TPSA) is 71.8 Å². The summed E-state index contributed by atoms with van der Waals surface area (Å²) in [6.45, 7) is 2.13. The zero-order valence-corrected chi connectivity index (χ0v) is 15.5. The number of nitrogens with zero attached hydrogens (tertiary/aromatic N) is 3. The van der Waals surface area contributed by atoms with Gasteiger partial charge in [-0.3, -0.25) is 4.79 Å². The quantitative estimate of drug-likeness (QED) is 0.671. The van der Waals surface area contributed by atoms with Crippen LogP contribution in [-0.2, 0) is 4.79 Å². The van der Waals surface area contributed by atoms with E-state index in [2.05, 4.69) is 20.7 Å².